The summed E-state index contributed by atoms with van der Waals surface area (Å²) in [6, 6.07) is 14.5. The fourth-order valence-electron chi connectivity index (χ4n) is 4.00. The van der Waals surface area contributed by atoms with E-state index in [0.29, 0.717) is 18.0 Å². The topological polar surface area (TPSA) is 53.1 Å². The van der Waals surface area contributed by atoms with Gasteiger partial charge in [-0.2, -0.15) is 0 Å². The highest BCUT2D eigenvalue weighted by molar-refractivity contribution is 6.30. The molecule has 1 atom stereocenters. The molecule has 152 valence electrons. The highest BCUT2D eigenvalue weighted by atomic mass is 35.5. The largest absolute Gasteiger partial charge is 0.494 e. The van der Waals surface area contributed by atoms with Crippen LogP contribution >= 0.6 is 11.6 Å². The fourth-order valence-corrected chi connectivity index (χ4v) is 4.12. The Kier molecular flexibility index (Phi) is 5.74. The molecule has 0 radical (unpaired) electrons. The van der Waals surface area contributed by atoms with Gasteiger partial charge in [-0.3, -0.25) is 14.5 Å². The summed E-state index contributed by atoms with van der Waals surface area (Å²) in [4.78, 5) is 31.4. The maximum absolute atomic E-state index is 13.1. The van der Waals surface area contributed by atoms with Gasteiger partial charge in [0.25, 0.3) is 5.91 Å². The zero-order chi connectivity index (χ0) is 20.4. The molecule has 29 heavy (non-hydrogen) atoms. The summed E-state index contributed by atoms with van der Waals surface area (Å²) in [6.07, 6.45) is 0.221. The molecule has 4 rings (SSSR count). The quantitative estimate of drug-likeness (QED) is 0.704. The maximum Gasteiger partial charge on any atom is 0.251 e. The maximum atomic E-state index is 13.1. The summed E-state index contributed by atoms with van der Waals surface area (Å²) in [5.74, 6) is 0.350. The number of benzene rings is 2. The number of piperazine rings is 1. The van der Waals surface area contributed by atoms with Crippen molar-refractivity contribution in [2.75, 3.05) is 42.6 Å². The number of rotatable bonds is 5. The second-order valence-corrected chi connectivity index (χ2v) is 7.65. The summed E-state index contributed by atoms with van der Waals surface area (Å²) >= 11 is 5.97. The molecule has 0 spiro atoms. The third-order valence-corrected chi connectivity index (χ3v) is 5.71. The normalized spacial score (nSPS) is 20.4. The number of anilines is 2. The summed E-state index contributed by atoms with van der Waals surface area (Å²) in [7, 11) is 0. The zero-order valence-corrected chi connectivity index (χ0v) is 17.1. The van der Waals surface area contributed by atoms with Crippen molar-refractivity contribution in [2.24, 2.45) is 0 Å². The average molecular weight is 414 g/mol. The molecule has 0 bridgehead atoms. The molecule has 1 unspecified atom stereocenters. The van der Waals surface area contributed by atoms with Gasteiger partial charge in [-0.15, -0.1) is 0 Å². The number of carbonyl (C=O) groups is 2. The van der Waals surface area contributed by atoms with E-state index in [1.165, 1.54) is 4.90 Å². The van der Waals surface area contributed by atoms with Crippen molar-refractivity contribution in [3.05, 3.63) is 53.6 Å². The summed E-state index contributed by atoms with van der Waals surface area (Å²) in [5.41, 5.74) is 1.70. The lowest BCUT2D eigenvalue weighted by Gasteiger charge is -2.38. The summed E-state index contributed by atoms with van der Waals surface area (Å²) in [5, 5.41) is 0.718. The predicted molar refractivity (Wildman–Crippen MR) is 114 cm³/mol. The number of hydrogen-bond donors (Lipinski definition) is 0. The van der Waals surface area contributed by atoms with Gasteiger partial charge in [-0.25, -0.2) is 4.90 Å². The van der Waals surface area contributed by atoms with Gasteiger partial charge in [0.05, 0.1) is 24.8 Å². The first kappa shape index (κ1) is 19.7. The molecule has 6 nitrogen and oxygen atoms in total. The van der Waals surface area contributed by atoms with Crippen molar-refractivity contribution in [1.82, 2.24) is 4.90 Å². The molecule has 0 N–H and O–H groups in total. The lowest BCUT2D eigenvalue weighted by atomic mass is 10.1. The predicted octanol–water partition coefficient (Wildman–Crippen LogP) is 3.19. The Labute approximate surface area is 175 Å². The smallest absolute Gasteiger partial charge is 0.251 e. The minimum atomic E-state index is -0.398. The number of carbonyl (C=O) groups excluding carboxylic acids is 2. The Bertz CT molecular complexity index is 894. The van der Waals surface area contributed by atoms with Crippen LogP contribution in [0.15, 0.2) is 48.5 Å². The minimum Gasteiger partial charge on any atom is -0.494 e. The van der Waals surface area contributed by atoms with Gasteiger partial charge in [-0.1, -0.05) is 17.7 Å². The molecular weight excluding hydrogens is 390 g/mol. The van der Waals surface area contributed by atoms with Crippen molar-refractivity contribution < 1.29 is 14.3 Å². The molecule has 2 aliphatic heterocycles. The van der Waals surface area contributed by atoms with Crippen LogP contribution in [0.2, 0.25) is 5.02 Å². The first-order valence-corrected chi connectivity index (χ1v) is 10.3. The number of imide groups is 1. The van der Waals surface area contributed by atoms with Gasteiger partial charge in [0.2, 0.25) is 5.91 Å². The lowest BCUT2D eigenvalue weighted by Crippen LogP contribution is -2.52. The van der Waals surface area contributed by atoms with Crippen LogP contribution < -0.4 is 14.5 Å². The van der Waals surface area contributed by atoms with Crippen LogP contribution in [-0.4, -0.2) is 55.5 Å². The lowest BCUT2D eigenvalue weighted by molar-refractivity contribution is -0.123. The molecule has 2 aromatic rings. The van der Waals surface area contributed by atoms with Crippen LogP contribution in [0, 0.1) is 0 Å². The Morgan fingerprint density at radius 2 is 1.72 bits per heavy atom. The molecule has 2 aromatic carbocycles. The Hall–Kier alpha value is -2.57. The number of halogens is 1. The first-order chi connectivity index (χ1) is 14.1. The van der Waals surface area contributed by atoms with Crippen LogP contribution in [0.1, 0.15) is 13.3 Å². The van der Waals surface area contributed by atoms with E-state index in [4.69, 9.17) is 16.3 Å². The SMILES string of the molecule is CCOc1cccc(N2C(=O)CC(N3CCN(c4ccc(Cl)cc4)CC3)C2=O)c1. The number of nitrogens with zero attached hydrogens (tertiary/aromatic N) is 3. The average Bonchev–Trinajstić information content (AvgIpc) is 3.03. The van der Waals surface area contributed by atoms with E-state index >= 15 is 0 Å². The van der Waals surface area contributed by atoms with Crippen LogP contribution in [0.3, 0.4) is 0 Å². The molecule has 0 aromatic heterocycles. The molecule has 2 fully saturated rings. The fraction of sp³-hybridized carbons (Fsp3) is 0.364. The molecule has 0 aliphatic carbocycles. The minimum absolute atomic E-state index is 0.149. The van der Waals surface area contributed by atoms with Gasteiger partial charge < -0.3 is 9.64 Å². The van der Waals surface area contributed by atoms with Crippen molar-refractivity contribution in [3.8, 4) is 5.75 Å². The molecule has 0 saturated carbocycles. The summed E-state index contributed by atoms with van der Waals surface area (Å²) < 4.78 is 5.51. The molecule has 7 heteroatoms. The third kappa shape index (κ3) is 4.09. The molecule has 2 aliphatic rings. The first-order valence-electron chi connectivity index (χ1n) is 9.91. The van der Waals surface area contributed by atoms with Crippen LogP contribution in [-0.2, 0) is 9.59 Å². The van der Waals surface area contributed by atoms with Crippen molar-refractivity contribution in [2.45, 2.75) is 19.4 Å². The number of hydrogen-bond acceptors (Lipinski definition) is 5. The Balaban J connectivity index is 1.43. The Morgan fingerprint density at radius 1 is 1.00 bits per heavy atom. The second-order valence-electron chi connectivity index (χ2n) is 7.22. The monoisotopic (exact) mass is 413 g/mol. The van der Waals surface area contributed by atoms with Crippen LogP contribution in [0.4, 0.5) is 11.4 Å². The van der Waals surface area contributed by atoms with Gasteiger partial charge in [-0.05, 0) is 43.3 Å². The molecule has 2 heterocycles. The second kappa shape index (κ2) is 8.43. The number of ether oxygens (including phenoxy) is 1. The van der Waals surface area contributed by atoms with Gasteiger partial charge >= 0.3 is 0 Å². The van der Waals surface area contributed by atoms with E-state index in [0.717, 1.165) is 36.9 Å². The third-order valence-electron chi connectivity index (χ3n) is 5.46. The Morgan fingerprint density at radius 3 is 2.41 bits per heavy atom. The van der Waals surface area contributed by atoms with Gasteiger partial charge in [0.15, 0.2) is 0 Å². The molecule has 2 saturated heterocycles. The van der Waals surface area contributed by atoms with E-state index in [1.807, 2.05) is 37.3 Å². The number of amides is 2. The molecule has 2 amide bonds. The van der Waals surface area contributed by atoms with Crippen molar-refractivity contribution >= 4 is 34.8 Å². The van der Waals surface area contributed by atoms with E-state index in [9.17, 15) is 9.59 Å². The van der Waals surface area contributed by atoms with E-state index < -0.39 is 6.04 Å². The van der Waals surface area contributed by atoms with Crippen LogP contribution in [0.5, 0.6) is 5.75 Å². The van der Waals surface area contributed by atoms with Crippen molar-refractivity contribution in [1.29, 1.82) is 0 Å². The zero-order valence-electron chi connectivity index (χ0n) is 16.4. The highest BCUT2D eigenvalue weighted by Gasteiger charge is 2.43. The molecular formula is C22H24ClN3O3. The van der Waals surface area contributed by atoms with Crippen molar-refractivity contribution in [3.63, 3.8) is 0 Å². The highest BCUT2D eigenvalue weighted by Crippen LogP contribution is 2.29. The van der Waals surface area contributed by atoms with E-state index in [1.54, 1.807) is 18.2 Å². The summed E-state index contributed by atoms with van der Waals surface area (Å²) in [6.45, 7) is 5.52. The standard InChI is InChI=1S/C22H24ClN3O3/c1-2-29-19-5-3-4-18(14-19)26-21(27)15-20(22(26)28)25-12-10-24(11-13-25)17-8-6-16(23)7-9-17/h3-9,14,20H,2,10-13,15H2,1H3. The van der Waals surface area contributed by atoms with Gasteiger partial charge in [0.1, 0.15) is 5.75 Å². The van der Waals surface area contributed by atoms with Gasteiger partial charge in [0, 0.05) is 43.0 Å². The van der Waals surface area contributed by atoms with E-state index in [-0.39, 0.29) is 18.2 Å². The van der Waals surface area contributed by atoms with Crippen LogP contribution in [0.25, 0.3) is 0 Å². The van der Waals surface area contributed by atoms with E-state index in [2.05, 4.69) is 9.80 Å².